The van der Waals surface area contributed by atoms with Crippen LogP contribution in [0.2, 0.25) is 0 Å². The summed E-state index contributed by atoms with van der Waals surface area (Å²) in [6.45, 7) is 4.04. The molecular formula is C13H13N3S. The van der Waals surface area contributed by atoms with E-state index >= 15 is 0 Å². The maximum atomic E-state index is 9.03. The van der Waals surface area contributed by atoms with E-state index in [1.54, 1.807) is 17.5 Å². The number of aromatic nitrogens is 2. The van der Waals surface area contributed by atoms with E-state index in [0.717, 1.165) is 17.0 Å². The van der Waals surface area contributed by atoms with Crippen LogP contribution < -0.4 is 0 Å². The lowest BCUT2D eigenvalue weighted by Gasteiger charge is -2.06. The highest BCUT2D eigenvalue weighted by atomic mass is 32.1. The van der Waals surface area contributed by atoms with E-state index in [0.29, 0.717) is 5.82 Å². The zero-order chi connectivity index (χ0) is 12.3. The van der Waals surface area contributed by atoms with Gasteiger partial charge in [0, 0.05) is 6.20 Å². The lowest BCUT2D eigenvalue weighted by molar-refractivity contribution is 0.752. The molecule has 1 atom stereocenters. The zero-order valence-corrected chi connectivity index (χ0v) is 10.7. The topological polar surface area (TPSA) is 49.6 Å². The van der Waals surface area contributed by atoms with Crippen LogP contribution in [0.15, 0.2) is 23.7 Å². The first kappa shape index (κ1) is 11.7. The predicted molar refractivity (Wildman–Crippen MR) is 68.7 cm³/mol. The molecule has 0 saturated carbocycles. The molecule has 0 radical (unpaired) electrons. The van der Waals surface area contributed by atoms with E-state index in [1.165, 1.54) is 5.56 Å². The molecule has 0 N–H and O–H groups in total. The Labute approximate surface area is 105 Å². The molecule has 0 aliphatic carbocycles. The molecule has 0 spiro atoms. The molecule has 0 saturated heterocycles. The molecule has 0 aromatic carbocycles. The summed E-state index contributed by atoms with van der Waals surface area (Å²) in [6, 6.07) is 6.20. The summed E-state index contributed by atoms with van der Waals surface area (Å²) in [5, 5.41) is 11.1. The van der Waals surface area contributed by atoms with Crippen LogP contribution in [0.25, 0.3) is 10.6 Å². The predicted octanol–water partition coefficient (Wildman–Crippen LogP) is 3.53. The number of nitriles is 1. The smallest absolute Gasteiger partial charge is 0.146 e. The van der Waals surface area contributed by atoms with Crippen LogP contribution >= 0.6 is 11.3 Å². The van der Waals surface area contributed by atoms with Gasteiger partial charge < -0.3 is 0 Å². The van der Waals surface area contributed by atoms with E-state index in [-0.39, 0.29) is 5.92 Å². The fourth-order valence-corrected chi connectivity index (χ4v) is 2.53. The Bertz CT molecular complexity index is 554. The standard InChI is InChI=1S/C13H13N3S/c1-3-10(8-14)13-15-6-4-11(16-13)12-9(2)5-7-17-12/h4-7,10H,3H2,1-2H3. The molecule has 3 nitrogen and oxygen atoms in total. The number of rotatable bonds is 3. The van der Waals surface area contributed by atoms with Gasteiger partial charge in [-0.05, 0) is 36.4 Å². The van der Waals surface area contributed by atoms with Gasteiger partial charge in [0.15, 0.2) is 0 Å². The number of hydrogen-bond donors (Lipinski definition) is 0. The quantitative estimate of drug-likeness (QED) is 0.828. The van der Waals surface area contributed by atoms with Crippen molar-refractivity contribution in [1.82, 2.24) is 9.97 Å². The van der Waals surface area contributed by atoms with Gasteiger partial charge in [0.05, 0.1) is 16.6 Å². The molecule has 2 aromatic rings. The van der Waals surface area contributed by atoms with Gasteiger partial charge in [-0.3, -0.25) is 0 Å². The Morgan fingerprint density at radius 1 is 1.47 bits per heavy atom. The molecular weight excluding hydrogens is 230 g/mol. The van der Waals surface area contributed by atoms with E-state index < -0.39 is 0 Å². The Morgan fingerprint density at radius 3 is 2.88 bits per heavy atom. The van der Waals surface area contributed by atoms with E-state index in [2.05, 4.69) is 29.0 Å². The Hall–Kier alpha value is -1.73. The summed E-state index contributed by atoms with van der Waals surface area (Å²) < 4.78 is 0. The van der Waals surface area contributed by atoms with Crippen molar-refractivity contribution in [1.29, 1.82) is 5.26 Å². The van der Waals surface area contributed by atoms with Crippen LogP contribution in [0.5, 0.6) is 0 Å². The monoisotopic (exact) mass is 243 g/mol. The van der Waals surface area contributed by atoms with Crippen LogP contribution in [-0.4, -0.2) is 9.97 Å². The highest BCUT2D eigenvalue weighted by molar-refractivity contribution is 7.13. The normalized spacial score (nSPS) is 12.1. The molecule has 0 fully saturated rings. The van der Waals surface area contributed by atoms with Gasteiger partial charge in [0.1, 0.15) is 11.7 Å². The van der Waals surface area contributed by atoms with Gasteiger partial charge in [0.2, 0.25) is 0 Å². The zero-order valence-electron chi connectivity index (χ0n) is 9.84. The average Bonchev–Trinajstić information content (AvgIpc) is 2.77. The van der Waals surface area contributed by atoms with Crippen LogP contribution in [0.3, 0.4) is 0 Å². The second-order valence-corrected chi connectivity index (χ2v) is 4.74. The molecule has 2 aromatic heterocycles. The maximum absolute atomic E-state index is 9.03. The average molecular weight is 243 g/mol. The molecule has 2 heterocycles. The summed E-state index contributed by atoms with van der Waals surface area (Å²) in [4.78, 5) is 9.84. The van der Waals surface area contributed by atoms with Gasteiger partial charge in [-0.25, -0.2) is 9.97 Å². The highest BCUT2D eigenvalue weighted by Gasteiger charge is 2.13. The minimum absolute atomic E-state index is 0.213. The van der Waals surface area contributed by atoms with Gasteiger partial charge in [-0.1, -0.05) is 6.92 Å². The highest BCUT2D eigenvalue weighted by Crippen LogP contribution is 2.28. The Morgan fingerprint density at radius 2 is 2.29 bits per heavy atom. The summed E-state index contributed by atoms with van der Waals surface area (Å²) in [6.07, 6.45) is 2.47. The molecule has 0 bridgehead atoms. The van der Waals surface area contributed by atoms with E-state index in [4.69, 9.17) is 5.26 Å². The lowest BCUT2D eigenvalue weighted by atomic mass is 10.1. The van der Waals surface area contributed by atoms with Crippen LogP contribution in [-0.2, 0) is 0 Å². The molecule has 1 unspecified atom stereocenters. The third-order valence-corrected chi connectivity index (χ3v) is 3.68. The van der Waals surface area contributed by atoms with Crippen molar-refractivity contribution in [3.63, 3.8) is 0 Å². The molecule has 0 aliphatic heterocycles. The van der Waals surface area contributed by atoms with E-state index in [9.17, 15) is 0 Å². The number of aryl methyl sites for hydroxylation is 1. The number of nitrogens with zero attached hydrogens (tertiary/aromatic N) is 3. The van der Waals surface area contributed by atoms with Gasteiger partial charge in [-0.15, -0.1) is 11.3 Å². The fraction of sp³-hybridized carbons (Fsp3) is 0.308. The Balaban J connectivity index is 2.42. The van der Waals surface area contributed by atoms with Crippen LogP contribution in [0.4, 0.5) is 0 Å². The second-order valence-electron chi connectivity index (χ2n) is 3.82. The molecule has 2 rings (SSSR count). The second kappa shape index (κ2) is 5.07. The maximum Gasteiger partial charge on any atom is 0.146 e. The summed E-state index contributed by atoms with van der Waals surface area (Å²) >= 11 is 1.67. The largest absolute Gasteiger partial charge is 0.240 e. The SMILES string of the molecule is CCC(C#N)c1nccc(-c2sccc2C)n1. The van der Waals surface area contributed by atoms with Crippen molar-refractivity contribution in [3.05, 3.63) is 35.1 Å². The van der Waals surface area contributed by atoms with Crippen molar-refractivity contribution < 1.29 is 0 Å². The molecule has 17 heavy (non-hydrogen) atoms. The van der Waals surface area contributed by atoms with Gasteiger partial charge in [-0.2, -0.15) is 5.26 Å². The first-order chi connectivity index (χ1) is 8.26. The minimum atomic E-state index is -0.213. The van der Waals surface area contributed by atoms with Crippen LogP contribution in [0.1, 0.15) is 30.7 Å². The summed E-state index contributed by atoms with van der Waals surface area (Å²) in [7, 11) is 0. The van der Waals surface area contributed by atoms with Crippen molar-refractivity contribution in [3.8, 4) is 16.6 Å². The van der Waals surface area contributed by atoms with Crippen LogP contribution in [0, 0.1) is 18.3 Å². The molecule has 0 aliphatic rings. The summed E-state index contributed by atoms with van der Waals surface area (Å²) in [5.74, 6) is 0.413. The lowest BCUT2D eigenvalue weighted by Crippen LogP contribution is -2.01. The molecule has 0 amide bonds. The Kier molecular flexibility index (Phi) is 3.50. The summed E-state index contributed by atoms with van der Waals surface area (Å²) in [5.41, 5.74) is 2.13. The first-order valence-electron chi connectivity index (χ1n) is 5.53. The van der Waals surface area contributed by atoms with Crippen molar-refractivity contribution in [2.75, 3.05) is 0 Å². The fourth-order valence-electron chi connectivity index (χ4n) is 1.63. The third-order valence-electron chi connectivity index (χ3n) is 2.64. The number of hydrogen-bond acceptors (Lipinski definition) is 4. The van der Waals surface area contributed by atoms with Crippen molar-refractivity contribution in [2.45, 2.75) is 26.2 Å². The van der Waals surface area contributed by atoms with Crippen molar-refractivity contribution in [2.24, 2.45) is 0 Å². The van der Waals surface area contributed by atoms with Gasteiger partial charge in [0.25, 0.3) is 0 Å². The minimum Gasteiger partial charge on any atom is -0.240 e. The van der Waals surface area contributed by atoms with Crippen molar-refractivity contribution >= 4 is 11.3 Å². The molecule has 4 heteroatoms. The van der Waals surface area contributed by atoms with Gasteiger partial charge >= 0.3 is 0 Å². The number of thiophene rings is 1. The van der Waals surface area contributed by atoms with E-state index in [1.807, 2.05) is 18.4 Å². The first-order valence-corrected chi connectivity index (χ1v) is 6.41. The third kappa shape index (κ3) is 2.34. The molecule has 86 valence electrons.